The van der Waals surface area contributed by atoms with E-state index >= 15 is 0 Å². The van der Waals surface area contributed by atoms with Gasteiger partial charge in [0.1, 0.15) is 18.1 Å². The molecule has 38 heavy (non-hydrogen) atoms. The van der Waals surface area contributed by atoms with Gasteiger partial charge in [0.15, 0.2) is 0 Å². The molecule has 2 aromatic rings. The summed E-state index contributed by atoms with van der Waals surface area (Å²) in [6.45, 7) is 0.269. The van der Waals surface area contributed by atoms with E-state index in [2.05, 4.69) is 15.6 Å². The van der Waals surface area contributed by atoms with Crippen LogP contribution in [0.3, 0.4) is 0 Å². The third-order valence-electron chi connectivity index (χ3n) is 6.54. The SMILES string of the molecule is CSCCC(NC(=O)C(CC(N)=O)NC(=O)C(N)Cc1c[nH]c2ccccc12)C(=O)N1CCCC1C(=O)O. The molecule has 0 saturated carbocycles. The third kappa shape index (κ3) is 7.25. The lowest BCUT2D eigenvalue weighted by atomic mass is 10.0. The number of nitrogens with one attached hydrogen (secondary N) is 3. The Hall–Kier alpha value is -3.58. The molecule has 2 heterocycles. The number of aromatic amines is 1. The van der Waals surface area contributed by atoms with Gasteiger partial charge < -0.3 is 37.1 Å². The van der Waals surface area contributed by atoms with Gasteiger partial charge >= 0.3 is 5.97 Å². The standard InChI is InChI=1S/C25H34N6O6S/c1-38-10-8-18(24(35)31-9-4-7-20(31)25(36)37)29-23(34)19(12-21(27)32)30-22(33)16(26)11-14-13-28-17-6-3-2-5-15(14)17/h2-3,5-6,13,16,18-20,28H,4,7-12,26H2,1H3,(H2,27,32)(H,29,34)(H,30,33)(H,36,37). The van der Waals surface area contributed by atoms with Gasteiger partial charge in [-0.1, -0.05) is 18.2 Å². The van der Waals surface area contributed by atoms with Crippen LogP contribution in [-0.4, -0.2) is 87.3 Å². The summed E-state index contributed by atoms with van der Waals surface area (Å²) in [5.74, 6) is -3.36. The molecule has 206 valence electrons. The Morgan fingerprint density at radius 2 is 1.87 bits per heavy atom. The average Bonchev–Trinajstić information content (AvgIpc) is 3.53. The van der Waals surface area contributed by atoms with Crippen LogP contribution in [0.1, 0.15) is 31.2 Å². The maximum atomic E-state index is 13.2. The second kappa shape index (κ2) is 13.3. The molecule has 1 saturated heterocycles. The van der Waals surface area contributed by atoms with Crippen molar-refractivity contribution in [1.82, 2.24) is 20.5 Å². The number of primary amides is 1. The van der Waals surface area contributed by atoms with Crippen LogP contribution in [-0.2, 0) is 30.4 Å². The first kappa shape index (κ1) is 29.0. The number of nitrogens with zero attached hydrogens (tertiary/aromatic N) is 1. The summed E-state index contributed by atoms with van der Waals surface area (Å²) < 4.78 is 0. The van der Waals surface area contributed by atoms with Gasteiger partial charge in [0.25, 0.3) is 0 Å². The number of benzene rings is 1. The molecule has 4 unspecified atom stereocenters. The van der Waals surface area contributed by atoms with Crippen molar-refractivity contribution < 1.29 is 29.1 Å². The number of carbonyl (C=O) groups is 5. The minimum Gasteiger partial charge on any atom is -0.480 e. The second-order valence-corrected chi connectivity index (χ2v) is 10.3. The van der Waals surface area contributed by atoms with Crippen LogP contribution in [0.25, 0.3) is 10.9 Å². The first-order valence-corrected chi connectivity index (χ1v) is 13.7. The number of fused-ring (bicyclic) bond motifs is 1. The van der Waals surface area contributed by atoms with Crippen LogP contribution in [0.4, 0.5) is 0 Å². The Bertz CT molecular complexity index is 1190. The van der Waals surface area contributed by atoms with E-state index in [9.17, 15) is 29.1 Å². The molecule has 1 aliphatic heterocycles. The predicted molar refractivity (Wildman–Crippen MR) is 143 cm³/mol. The number of H-pyrrole nitrogens is 1. The molecule has 3 rings (SSSR count). The fraction of sp³-hybridized carbons (Fsp3) is 0.480. The van der Waals surface area contributed by atoms with Crippen LogP contribution in [0.2, 0.25) is 0 Å². The molecule has 8 N–H and O–H groups in total. The summed E-state index contributed by atoms with van der Waals surface area (Å²) in [6.07, 6.45) is 4.40. The fourth-order valence-electron chi connectivity index (χ4n) is 4.57. The number of carbonyl (C=O) groups excluding carboxylic acids is 4. The highest BCUT2D eigenvalue weighted by atomic mass is 32.2. The van der Waals surface area contributed by atoms with Gasteiger partial charge in [-0.15, -0.1) is 0 Å². The van der Waals surface area contributed by atoms with E-state index in [1.807, 2.05) is 30.5 Å². The first-order chi connectivity index (χ1) is 18.1. The van der Waals surface area contributed by atoms with Gasteiger partial charge in [0.05, 0.1) is 12.5 Å². The summed E-state index contributed by atoms with van der Waals surface area (Å²) in [5.41, 5.74) is 13.2. The number of aromatic nitrogens is 1. The van der Waals surface area contributed by atoms with Crippen molar-refractivity contribution >= 4 is 52.3 Å². The van der Waals surface area contributed by atoms with E-state index in [4.69, 9.17) is 11.5 Å². The highest BCUT2D eigenvalue weighted by molar-refractivity contribution is 7.98. The average molecular weight is 547 g/mol. The maximum Gasteiger partial charge on any atom is 0.326 e. The molecule has 0 bridgehead atoms. The van der Waals surface area contributed by atoms with E-state index in [-0.39, 0.29) is 19.4 Å². The molecule has 0 aliphatic carbocycles. The zero-order valence-corrected chi connectivity index (χ0v) is 22.0. The molecule has 13 heteroatoms. The van der Waals surface area contributed by atoms with Crippen molar-refractivity contribution in [2.24, 2.45) is 11.5 Å². The van der Waals surface area contributed by atoms with Gasteiger partial charge in [-0.3, -0.25) is 19.2 Å². The van der Waals surface area contributed by atoms with Crippen molar-refractivity contribution in [2.75, 3.05) is 18.6 Å². The Labute approximate surface area is 224 Å². The highest BCUT2D eigenvalue weighted by Crippen LogP contribution is 2.20. The van der Waals surface area contributed by atoms with Gasteiger partial charge in [0.2, 0.25) is 23.6 Å². The molecule has 1 aromatic carbocycles. The van der Waals surface area contributed by atoms with Crippen LogP contribution >= 0.6 is 11.8 Å². The quantitative estimate of drug-likeness (QED) is 0.197. The Morgan fingerprint density at radius 1 is 1.16 bits per heavy atom. The maximum absolute atomic E-state index is 13.2. The molecular formula is C25H34N6O6S. The summed E-state index contributed by atoms with van der Waals surface area (Å²) >= 11 is 1.46. The van der Waals surface area contributed by atoms with Crippen LogP contribution < -0.4 is 22.1 Å². The van der Waals surface area contributed by atoms with Crippen molar-refractivity contribution in [3.8, 4) is 0 Å². The van der Waals surface area contributed by atoms with E-state index < -0.39 is 60.2 Å². The first-order valence-electron chi connectivity index (χ1n) is 12.3. The van der Waals surface area contributed by atoms with Gasteiger partial charge in [0, 0.05) is 23.6 Å². The largest absolute Gasteiger partial charge is 0.480 e. The topological polar surface area (TPSA) is 201 Å². The number of hydrogen-bond acceptors (Lipinski definition) is 7. The van der Waals surface area contributed by atoms with Gasteiger partial charge in [-0.2, -0.15) is 11.8 Å². The number of rotatable bonds is 13. The van der Waals surface area contributed by atoms with Crippen molar-refractivity contribution in [3.05, 3.63) is 36.0 Å². The van der Waals surface area contributed by atoms with E-state index in [0.29, 0.717) is 18.6 Å². The summed E-state index contributed by atoms with van der Waals surface area (Å²) in [5, 5.41) is 15.5. The van der Waals surface area contributed by atoms with Crippen LogP contribution in [0.5, 0.6) is 0 Å². The van der Waals surface area contributed by atoms with E-state index in [1.54, 1.807) is 6.20 Å². The monoisotopic (exact) mass is 546 g/mol. The normalized spacial score (nSPS) is 17.5. The minimum atomic E-state index is -1.35. The summed E-state index contributed by atoms with van der Waals surface area (Å²) in [6, 6.07) is 3.18. The number of aliphatic carboxylic acids is 1. The summed E-state index contributed by atoms with van der Waals surface area (Å²) in [4.78, 5) is 66.9. The predicted octanol–water partition coefficient (Wildman–Crippen LogP) is -0.289. The molecule has 0 radical (unpaired) electrons. The number of nitrogens with two attached hydrogens (primary N) is 2. The van der Waals surface area contributed by atoms with Crippen molar-refractivity contribution in [3.63, 3.8) is 0 Å². The smallest absolute Gasteiger partial charge is 0.326 e. The van der Waals surface area contributed by atoms with Crippen molar-refractivity contribution in [2.45, 2.75) is 56.3 Å². The second-order valence-electron chi connectivity index (χ2n) is 9.27. The zero-order valence-electron chi connectivity index (χ0n) is 21.1. The Kier molecular flexibility index (Phi) is 10.1. The van der Waals surface area contributed by atoms with Crippen LogP contribution in [0, 0.1) is 0 Å². The minimum absolute atomic E-state index is 0.182. The van der Waals surface area contributed by atoms with Crippen molar-refractivity contribution in [1.29, 1.82) is 0 Å². The lowest BCUT2D eigenvalue weighted by molar-refractivity contribution is -0.149. The number of likely N-dealkylation sites (tertiary alicyclic amines) is 1. The number of carboxylic acid groups (broad SMARTS) is 1. The Balaban J connectivity index is 1.70. The van der Waals surface area contributed by atoms with Gasteiger partial charge in [-0.25, -0.2) is 4.79 Å². The molecule has 1 fully saturated rings. The number of thioether (sulfide) groups is 1. The van der Waals surface area contributed by atoms with E-state index in [0.717, 1.165) is 16.5 Å². The zero-order chi connectivity index (χ0) is 27.8. The van der Waals surface area contributed by atoms with Gasteiger partial charge in [-0.05, 0) is 49.3 Å². The number of para-hydroxylation sites is 1. The summed E-state index contributed by atoms with van der Waals surface area (Å²) in [7, 11) is 0. The lowest BCUT2D eigenvalue weighted by Crippen LogP contribution is -2.58. The lowest BCUT2D eigenvalue weighted by Gasteiger charge is -2.28. The number of carboxylic acids is 1. The molecule has 1 aromatic heterocycles. The van der Waals surface area contributed by atoms with Crippen LogP contribution in [0.15, 0.2) is 30.5 Å². The number of amides is 4. The molecule has 4 amide bonds. The Morgan fingerprint density at radius 3 is 2.55 bits per heavy atom. The van der Waals surface area contributed by atoms with E-state index in [1.165, 1.54) is 16.7 Å². The fourth-order valence-corrected chi connectivity index (χ4v) is 5.04. The molecule has 12 nitrogen and oxygen atoms in total. The third-order valence-corrected chi connectivity index (χ3v) is 7.18. The highest BCUT2D eigenvalue weighted by Gasteiger charge is 2.38. The molecule has 1 aliphatic rings. The molecule has 4 atom stereocenters. The number of hydrogen-bond donors (Lipinski definition) is 6. The molecule has 0 spiro atoms. The molecular weight excluding hydrogens is 512 g/mol.